The summed E-state index contributed by atoms with van der Waals surface area (Å²) in [4.78, 5) is 0. The van der Waals surface area contributed by atoms with Crippen LogP contribution in [0.2, 0.25) is 0 Å². The topological polar surface area (TPSA) is 14.2 Å². The molecule has 1 aliphatic rings. The summed E-state index contributed by atoms with van der Waals surface area (Å²) in [6, 6.07) is 49.9. The lowest BCUT2D eigenvalue weighted by atomic mass is 9.75. The van der Waals surface area contributed by atoms with Gasteiger partial charge >= 0.3 is 0 Å². The van der Waals surface area contributed by atoms with Gasteiger partial charge in [0.25, 0.3) is 0 Å². The second-order valence-corrected chi connectivity index (χ2v) is 11.4. The van der Waals surface area contributed by atoms with Gasteiger partial charge in [0.2, 0.25) is 0 Å². The van der Waals surface area contributed by atoms with E-state index in [4.69, 9.17) is 4.74 Å². The van der Waals surface area contributed by atoms with Crippen LogP contribution in [0.3, 0.4) is 0 Å². The maximum Gasteiger partial charge on any atom is 0.131 e. The predicted octanol–water partition coefficient (Wildman–Crippen LogP) is 10.5. The molecule has 8 rings (SSSR count). The van der Waals surface area contributed by atoms with Crippen molar-refractivity contribution in [2.24, 2.45) is 0 Å². The smallest absolute Gasteiger partial charge is 0.131 e. The largest absolute Gasteiger partial charge is 0.457 e. The summed E-state index contributed by atoms with van der Waals surface area (Å²) in [5, 5.41) is 2.53. The zero-order valence-corrected chi connectivity index (χ0v) is 23.1. The maximum absolute atomic E-state index is 6.37. The molecule has 0 unspecified atom stereocenters. The summed E-state index contributed by atoms with van der Waals surface area (Å²) in [6.07, 6.45) is 0. The van der Waals surface area contributed by atoms with E-state index in [-0.39, 0.29) is 5.41 Å². The van der Waals surface area contributed by atoms with E-state index in [0.29, 0.717) is 0 Å². The molecule has 2 heteroatoms. The first-order valence-electron chi connectivity index (χ1n) is 14.2. The number of rotatable bonds is 3. The lowest BCUT2D eigenvalue weighted by Crippen LogP contribution is -2.24. The Labute approximate surface area is 240 Å². The molecule has 0 radical (unpaired) electrons. The zero-order valence-electron chi connectivity index (χ0n) is 23.1. The molecule has 0 saturated heterocycles. The Kier molecular flexibility index (Phi) is 5.20. The lowest BCUT2D eigenvalue weighted by molar-refractivity contribution is 0.418. The molecule has 0 atom stereocenters. The highest BCUT2D eigenvalue weighted by atomic mass is 16.5. The summed E-state index contributed by atoms with van der Waals surface area (Å²) < 4.78 is 8.75. The normalized spacial score (nSPS) is 13.5. The highest BCUT2D eigenvalue weighted by molar-refractivity contribution is 6.16. The minimum Gasteiger partial charge on any atom is -0.457 e. The third-order valence-corrected chi connectivity index (χ3v) is 8.67. The van der Waals surface area contributed by atoms with Crippen LogP contribution in [0.4, 0.5) is 0 Å². The van der Waals surface area contributed by atoms with E-state index < -0.39 is 0 Å². The van der Waals surface area contributed by atoms with Crippen molar-refractivity contribution in [3.63, 3.8) is 0 Å². The molecule has 2 nitrogen and oxygen atoms in total. The van der Waals surface area contributed by atoms with Gasteiger partial charge in [-0.1, -0.05) is 111 Å². The summed E-state index contributed by atoms with van der Waals surface area (Å²) >= 11 is 0. The number of nitrogens with zero attached hydrogens (tertiary/aromatic N) is 1. The highest BCUT2D eigenvalue weighted by Gasteiger charge is 2.34. The first-order valence-corrected chi connectivity index (χ1v) is 14.2. The van der Waals surface area contributed by atoms with E-state index in [9.17, 15) is 0 Å². The molecule has 41 heavy (non-hydrogen) atoms. The van der Waals surface area contributed by atoms with Crippen molar-refractivity contribution >= 4 is 21.8 Å². The van der Waals surface area contributed by atoms with E-state index in [0.717, 1.165) is 11.5 Å². The summed E-state index contributed by atoms with van der Waals surface area (Å²) in [7, 11) is 0. The van der Waals surface area contributed by atoms with Crippen LogP contribution in [0.15, 0.2) is 140 Å². The number of hydrogen-bond acceptors (Lipinski definition) is 1. The third kappa shape index (κ3) is 3.57. The van der Waals surface area contributed by atoms with Crippen LogP contribution in [0, 0.1) is 0 Å². The summed E-state index contributed by atoms with van der Waals surface area (Å²) in [6.45, 7) is 4.59. The van der Waals surface area contributed by atoms with Gasteiger partial charge in [0, 0.05) is 33.0 Å². The fourth-order valence-electron chi connectivity index (χ4n) is 6.68. The number of aromatic nitrogens is 1. The van der Waals surface area contributed by atoms with Gasteiger partial charge in [-0.15, -0.1) is 0 Å². The van der Waals surface area contributed by atoms with Crippen LogP contribution < -0.4 is 4.74 Å². The van der Waals surface area contributed by atoms with Crippen LogP contribution in [-0.4, -0.2) is 4.57 Å². The molecule has 196 valence electrons. The minimum atomic E-state index is -0.168. The van der Waals surface area contributed by atoms with Crippen molar-refractivity contribution in [1.82, 2.24) is 4.57 Å². The van der Waals surface area contributed by atoms with Gasteiger partial charge in [-0.05, 0) is 64.7 Å². The van der Waals surface area contributed by atoms with Crippen molar-refractivity contribution < 1.29 is 4.74 Å². The Hall–Kier alpha value is -5.08. The van der Waals surface area contributed by atoms with Crippen molar-refractivity contribution in [1.29, 1.82) is 0 Å². The molecule has 0 aliphatic carbocycles. The van der Waals surface area contributed by atoms with E-state index >= 15 is 0 Å². The number of ether oxygens (including phenoxy) is 1. The second kappa shape index (κ2) is 8.97. The van der Waals surface area contributed by atoms with Crippen LogP contribution in [0.1, 0.15) is 25.0 Å². The van der Waals surface area contributed by atoms with Crippen LogP contribution >= 0.6 is 0 Å². The molecule has 1 aliphatic heterocycles. The maximum atomic E-state index is 6.37. The average molecular weight is 528 g/mol. The average Bonchev–Trinajstić information content (AvgIpc) is 3.36. The first kappa shape index (κ1) is 23.8. The summed E-state index contributed by atoms with van der Waals surface area (Å²) in [5.74, 6) is 1.88. The van der Waals surface area contributed by atoms with Crippen molar-refractivity contribution in [2.45, 2.75) is 19.3 Å². The Morgan fingerprint density at radius 2 is 1.17 bits per heavy atom. The van der Waals surface area contributed by atoms with Gasteiger partial charge in [0.1, 0.15) is 11.5 Å². The fraction of sp³-hybridized carbons (Fsp3) is 0.0769. The monoisotopic (exact) mass is 527 g/mol. The molecule has 6 aromatic carbocycles. The second-order valence-electron chi connectivity index (χ2n) is 11.4. The Balaban J connectivity index is 1.36. The molecule has 0 N–H and O–H groups in total. The molecular formula is C39H29NO. The number of benzene rings is 6. The lowest BCUT2D eigenvalue weighted by Gasteiger charge is -2.34. The molecule has 0 spiro atoms. The number of hydrogen-bond donors (Lipinski definition) is 0. The summed E-state index contributed by atoms with van der Waals surface area (Å²) in [5.41, 5.74) is 10.7. The van der Waals surface area contributed by atoms with E-state index in [1.807, 2.05) is 6.07 Å². The quantitative estimate of drug-likeness (QED) is 0.223. The van der Waals surface area contributed by atoms with Gasteiger partial charge in [0.15, 0.2) is 0 Å². The van der Waals surface area contributed by atoms with E-state index in [2.05, 4.69) is 152 Å². The molecule has 7 aromatic rings. The van der Waals surface area contributed by atoms with Gasteiger partial charge in [-0.3, -0.25) is 0 Å². The molecule has 0 bridgehead atoms. The Morgan fingerprint density at radius 1 is 0.512 bits per heavy atom. The Morgan fingerprint density at radius 3 is 2.05 bits per heavy atom. The SMILES string of the molecule is CC1(C)c2ccccc2Oc2ccc(-c3ccccc3-c3cccc4c3c3ccccc3n4-c3ccccc3)cc21. The zero-order chi connectivity index (χ0) is 27.6. The highest BCUT2D eigenvalue weighted by Crippen LogP contribution is 2.49. The molecule has 1 aromatic heterocycles. The molecular weight excluding hydrogens is 498 g/mol. The van der Waals surface area contributed by atoms with Crippen molar-refractivity contribution in [2.75, 3.05) is 0 Å². The van der Waals surface area contributed by atoms with E-state index in [1.54, 1.807) is 0 Å². The molecule has 0 amide bonds. The van der Waals surface area contributed by atoms with Gasteiger partial charge in [-0.25, -0.2) is 0 Å². The Bertz CT molecular complexity index is 2100. The molecule has 0 saturated carbocycles. The van der Waals surface area contributed by atoms with Gasteiger partial charge in [-0.2, -0.15) is 0 Å². The minimum absolute atomic E-state index is 0.168. The molecule has 0 fully saturated rings. The fourth-order valence-corrected chi connectivity index (χ4v) is 6.68. The van der Waals surface area contributed by atoms with Gasteiger partial charge < -0.3 is 9.30 Å². The first-order chi connectivity index (χ1) is 20.1. The van der Waals surface area contributed by atoms with Crippen LogP contribution in [0.25, 0.3) is 49.7 Å². The van der Waals surface area contributed by atoms with Crippen LogP contribution in [-0.2, 0) is 5.41 Å². The third-order valence-electron chi connectivity index (χ3n) is 8.67. The number of fused-ring (bicyclic) bond motifs is 5. The van der Waals surface area contributed by atoms with Crippen molar-refractivity contribution in [3.8, 4) is 39.4 Å². The van der Waals surface area contributed by atoms with Gasteiger partial charge in [0.05, 0.1) is 11.0 Å². The van der Waals surface area contributed by atoms with Crippen molar-refractivity contribution in [3.05, 3.63) is 151 Å². The standard InChI is InChI=1S/C39H29NO/c1-39(2)32-19-9-11-22-36(32)41-37-24-23-26(25-33(37)39)28-15-6-7-16-29(28)30-18-12-21-35-38(30)31-17-8-10-20-34(31)40(35)27-13-4-3-5-14-27/h3-25H,1-2H3. The van der Waals surface area contributed by atoms with Crippen LogP contribution in [0.5, 0.6) is 11.5 Å². The number of para-hydroxylation sites is 3. The molecule has 2 heterocycles. The van der Waals surface area contributed by atoms with E-state index in [1.165, 1.54) is 60.9 Å². The predicted molar refractivity (Wildman–Crippen MR) is 170 cm³/mol.